The van der Waals surface area contributed by atoms with E-state index in [0.717, 1.165) is 23.8 Å². The maximum absolute atomic E-state index is 13.0. The number of nitrogens with one attached hydrogen (secondary N) is 1. The first-order chi connectivity index (χ1) is 14.0. The molecule has 0 saturated carbocycles. The zero-order chi connectivity index (χ0) is 20.1. The van der Waals surface area contributed by atoms with E-state index in [2.05, 4.69) is 4.98 Å². The molecular weight excluding hydrogens is 372 g/mol. The Morgan fingerprint density at radius 3 is 2.79 bits per heavy atom. The minimum absolute atomic E-state index is 0.210. The van der Waals surface area contributed by atoms with Crippen molar-refractivity contribution in [3.8, 4) is 0 Å². The second-order valence-electron chi connectivity index (χ2n) is 8.53. The lowest BCUT2D eigenvalue weighted by atomic mass is 9.76. The number of carbonyl (C=O) groups is 2. The van der Waals surface area contributed by atoms with E-state index in [1.54, 1.807) is 29.2 Å². The molecule has 3 aliphatic heterocycles. The van der Waals surface area contributed by atoms with Crippen LogP contribution in [0.25, 0.3) is 10.9 Å². The number of carbonyl (C=O) groups excluding carboxylic acids is 2. The standard InChI is InChI=1S/C21H24N4O4/c26-18-7-3-6-17-14-8-13(10-24(17)18)9-23(11-14)19(27)12-25-20(28)15-4-1-2-5-16(15)22-21(25)29/h1-2,4-5,13-14,17H,3,6-12H2,(H,22,29)/t13-,14+,17-/m1/s1. The van der Waals surface area contributed by atoms with Crippen molar-refractivity contribution in [1.82, 2.24) is 19.4 Å². The lowest BCUT2D eigenvalue weighted by molar-refractivity contribution is -0.149. The average molecular weight is 396 g/mol. The molecule has 2 amide bonds. The van der Waals surface area contributed by atoms with Gasteiger partial charge in [0, 0.05) is 32.1 Å². The third-order valence-corrected chi connectivity index (χ3v) is 6.72. The van der Waals surface area contributed by atoms with Gasteiger partial charge in [-0.1, -0.05) is 12.1 Å². The van der Waals surface area contributed by atoms with Crippen molar-refractivity contribution in [3.63, 3.8) is 0 Å². The van der Waals surface area contributed by atoms with Crippen LogP contribution in [0.1, 0.15) is 25.7 Å². The van der Waals surface area contributed by atoms with E-state index in [1.807, 2.05) is 4.90 Å². The summed E-state index contributed by atoms with van der Waals surface area (Å²) in [6.45, 7) is 1.61. The fourth-order valence-corrected chi connectivity index (χ4v) is 5.39. The highest BCUT2D eigenvalue weighted by Crippen LogP contribution is 2.37. The highest BCUT2D eigenvalue weighted by atomic mass is 16.2. The molecule has 0 radical (unpaired) electrons. The van der Waals surface area contributed by atoms with E-state index >= 15 is 0 Å². The van der Waals surface area contributed by atoms with Gasteiger partial charge >= 0.3 is 5.69 Å². The number of aromatic nitrogens is 2. The lowest BCUT2D eigenvalue weighted by Crippen LogP contribution is -2.61. The maximum Gasteiger partial charge on any atom is 0.329 e. The van der Waals surface area contributed by atoms with Crippen LogP contribution in [0.4, 0.5) is 0 Å². The molecule has 0 aliphatic carbocycles. The second kappa shape index (κ2) is 6.86. The van der Waals surface area contributed by atoms with Gasteiger partial charge in [-0.15, -0.1) is 0 Å². The molecule has 3 aliphatic rings. The van der Waals surface area contributed by atoms with Crippen molar-refractivity contribution in [3.05, 3.63) is 45.1 Å². The van der Waals surface area contributed by atoms with Crippen molar-refractivity contribution in [1.29, 1.82) is 0 Å². The van der Waals surface area contributed by atoms with Gasteiger partial charge in [-0.2, -0.15) is 0 Å². The molecule has 4 heterocycles. The van der Waals surface area contributed by atoms with Gasteiger partial charge in [0.15, 0.2) is 0 Å². The van der Waals surface area contributed by atoms with Crippen LogP contribution in [-0.4, -0.2) is 56.8 Å². The predicted molar refractivity (Wildman–Crippen MR) is 106 cm³/mol. The van der Waals surface area contributed by atoms with Gasteiger partial charge in [-0.25, -0.2) is 4.79 Å². The van der Waals surface area contributed by atoms with E-state index < -0.39 is 11.2 Å². The molecule has 1 aromatic heterocycles. The smallest absolute Gasteiger partial charge is 0.329 e. The second-order valence-corrected chi connectivity index (χ2v) is 8.53. The number of hydrogen-bond acceptors (Lipinski definition) is 4. The maximum atomic E-state index is 13.0. The summed E-state index contributed by atoms with van der Waals surface area (Å²) in [5.74, 6) is 0.577. The van der Waals surface area contributed by atoms with E-state index in [4.69, 9.17) is 0 Å². The van der Waals surface area contributed by atoms with Crippen molar-refractivity contribution < 1.29 is 9.59 Å². The van der Waals surface area contributed by atoms with Crippen LogP contribution in [-0.2, 0) is 16.1 Å². The summed E-state index contributed by atoms with van der Waals surface area (Å²) >= 11 is 0. The molecule has 29 heavy (non-hydrogen) atoms. The van der Waals surface area contributed by atoms with E-state index in [0.29, 0.717) is 37.0 Å². The molecule has 5 rings (SSSR count). The van der Waals surface area contributed by atoms with E-state index in [1.165, 1.54) is 0 Å². The fourth-order valence-electron chi connectivity index (χ4n) is 5.39. The molecule has 1 aromatic carbocycles. The molecule has 152 valence electrons. The number of nitrogens with zero attached hydrogens (tertiary/aromatic N) is 3. The fraction of sp³-hybridized carbons (Fsp3) is 0.524. The first kappa shape index (κ1) is 18.1. The minimum Gasteiger partial charge on any atom is -0.340 e. The number of amides is 2. The molecule has 2 bridgehead atoms. The molecule has 3 atom stereocenters. The SMILES string of the molecule is O=C(Cn1c(=O)[nH]c2ccccc2c1=O)N1C[C@H]2C[C@@H](C1)[C@H]1CCCC(=O)N1C2. The Bertz CT molecular complexity index is 1100. The van der Waals surface area contributed by atoms with Crippen molar-refractivity contribution in [2.75, 3.05) is 19.6 Å². The lowest BCUT2D eigenvalue weighted by Gasteiger charge is -2.52. The molecule has 8 heteroatoms. The number of likely N-dealkylation sites (tertiary alicyclic amines) is 1. The Labute approximate surface area is 167 Å². The predicted octanol–water partition coefficient (Wildman–Crippen LogP) is 0.549. The van der Waals surface area contributed by atoms with E-state index in [-0.39, 0.29) is 36.2 Å². The quantitative estimate of drug-likeness (QED) is 0.802. The number of piperidine rings is 3. The van der Waals surface area contributed by atoms with Gasteiger partial charge in [0.25, 0.3) is 5.56 Å². The van der Waals surface area contributed by atoms with Gasteiger partial charge in [0.05, 0.1) is 10.9 Å². The zero-order valence-corrected chi connectivity index (χ0v) is 16.2. The van der Waals surface area contributed by atoms with Gasteiger partial charge in [0.1, 0.15) is 6.54 Å². The first-order valence-electron chi connectivity index (χ1n) is 10.3. The van der Waals surface area contributed by atoms with Gasteiger partial charge in [-0.3, -0.25) is 19.0 Å². The van der Waals surface area contributed by atoms with Crippen LogP contribution in [0, 0.1) is 11.8 Å². The monoisotopic (exact) mass is 396 g/mol. The highest BCUT2D eigenvalue weighted by Gasteiger charge is 2.44. The van der Waals surface area contributed by atoms with Crippen LogP contribution < -0.4 is 11.2 Å². The average Bonchev–Trinajstić information content (AvgIpc) is 2.71. The number of rotatable bonds is 2. The van der Waals surface area contributed by atoms with Crippen molar-refractivity contribution in [2.24, 2.45) is 11.8 Å². The van der Waals surface area contributed by atoms with Crippen LogP contribution in [0.5, 0.6) is 0 Å². The molecule has 3 fully saturated rings. The Morgan fingerprint density at radius 2 is 1.93 bits per heavy atom. The first-order valence-corrected chi connectivity index (χ1v) is 10.3. The Kier molecular flexibility index (Phi) is 4.29. The number of hydrogen-bond donors (Lipinski definition) is 1. The molecular formula is C21H24N4O4. The Balaban J connectivity index is 1.37. The molecule has 1 N–H and O–H groups in total. The van der Waals surface area contributed by atoms with Crippen LogP contribution in [0.2, 0.25) is 0 Å². The normalized spacial score (nSPS) is 26.5. The molecule has 2 aromatic rings. The van der Waals surface area contributed by atoms with E-state index in [9.17, 15) is 19.2 Å². The van der Waals surface area contributed by atoms with Crippen molar-refractivity contribution in [2.45, 2.75) is 38.3 Å². The summed E-state index contributed by atoms with van der Waals surface area (Å²) in [6.07, 6.45) is 3.58. The topological polar surface area (TPSA) is 95.5 Å². The number of para-hydroxylation sites is 1. The molecule has 3 saturated heterocycles. The number of aromatic amines is 1. The van der Waals surface area contributed by atoms with Crippen LogP contribution in [0.15, 0.2) is 33.9 Å². The zero-order valence-electron chi connectivity index (χ0n) is 16.2. The molecule has 8 nitrogen and oxygen atoms in total. The third kappa shape index (κ3) is 3.07. The third-order valence-electron chi connectivity index (χ3n) is 6.72. The highest BCUT2D eigenvalue weighted by molar-refractivity contribution is 5.79. The summed E-state index contributed by atoms with van der Waals surface area (Å²) in [7, 11) is 0. The summed E-state index contributed by atoms with van der Waals surface area (Å²) in [4.78, 5) is 56.9. The molecule has 0 unspecified atom stereocenters. The largest absolute Gasteiger partial charge is 0.340 e. The summed E-state index contributed by atoms with van der Waals surface area (Å²) in [5, 5.41) is 0.395. The number of H-pyrrole nitrogens is 1. The van der Waals surface area contributed by atoms with Crippen molar-refractivity contribution >= 4 is 22.7 Å². The summed E-state index contributed by atoms with van der Waals surface area (Å²) in [6, 6.07) is 7.02. The van der Waals surface area contributed by atoms with Gasteiger partial charge in [-0.05, 0) is 43.2 Å². The Morgan fingerprint density at radius 1 is 1.10 bits per heavy atom. The molecule has 0 spiro atoms. The number of fused-ring (bicyclic) bond motifs is 5. The number of benzene rings is 1. The van der Waals surface area contributed by atoms with Crippen LogP contribution >= 0.6 is 0 Å². The summed E-state index contributed by atoms with van der Waals surface area (Å²) < 4.78 is 0.992. The Hall–Kier alpha value is -2.90. The van der Waals surface area contributed by atoms with Gasteiger partial charge < -0.3 is 14.8 Å². The van der Waals surface area contributed by atoms with Gasteiger partial charge in [0.2, 0.25) is 11.8 Å². The minimum atomic E-state index is -0.566. The summed E-state index contributed by atoms with van der Waals surface area (Å²) in [5.41, 5.74) is -0.539. The van der Waals surface area contributed by atoms with Crippen LogP contribution in [0.3, 0.4) is 0 Å².